The second kappa shape index (κ2) is 4.61. The molecule has 0 unspecified atom stereocenters. The van der Waals surface area contributed by atoms with Gasteiger partial charge in [0.05, 0.1) is 7.11 Å². The minimum absolute atomic E-state index is 0.833. The summed E-state index contributed by atoms with van der Waals surface area (Å²) in [5.41, 5.74) is 1.92. The van der Waals surface area contributed by atoms with Gasteiger partial charge in [0.1, 0.15) is 17.1 Å². The van der Waals surface area contributed by atoms with Crippen LogP contribution in [0.2, 0.25) is 0 Å². The maximum atomic E-state index is 5.85. The van der Waals surface area contributed by atoms with Crippen molar-refractivity contribution in [2.45, 2.75) is 0 Å². The summed E-state index contributed by atoms with van der Waals surface area (Å²) in [6.07, 6.45) is 3.59. The molecule has 0 saturated carbocycles. The van der Waals surface area contributed by atoms with Gasteiger partial charge >= 0.3 is 0 Å². The summed E-state index contributed by atoms with van der Waals surface area (Å²) >= 11 is 2.26. The van der Waals surface area contributed by atoms with Crippen LogP contribution in [0.1, 0.15) is 0 Å². The number of hydrogen-bond donors (Lipinski definition) is 0. The molecule has 1 aromatic carbocycles. The van der Waals surface area contributed by atoms with Crippen molar-refractivity contribution in [2.75, 3.05) is 7.11 Å². The van der Waals surface area contributed by atoms with Crippen molar-refractivity contribution in [3.63, 3.8) is 0 Å². The van der Waals surface area contributed by atoms with Crippen molar-refractivity contribution in [3.8, 4) is 17.1 Å². The number of pyridine rings is 1. The zero-order chi connectivity index (χ0) is 12.5. The molecule has 0 bridgehead atoms. The molecule has 0 aliphatic rings. The minimum atomic E-state index is 0.833. The van der Waals surface area contributed by atoms with E-state index in [1.165, 1.54) is 0 Å². The molecule has 3 aromatic rings. The van der Waals surface area contributed by atoms with Gasteiger partial charge in [0.15, 0.2) is 0 Å². The molecule has 2 aromatic heterocycles. The molecule has 18 heavy (non-hydrogen) atoms. The van der Waals surface area contributed by atoms with Crippen LogP contribution in [0, 0.1) is 3.57 Å². The number of benzene rings is 1. The average molecular weight is 351 g/mol. The van der Waals surface area contributed by atoms with Crippen LogP contribution in [0.3, 0.4) is 0 Å². The average Bonchev–Trinajstić information content (AvgIpc) is 2.81. The van der Waals surface area contributed by atoms with Crippen molar-refractivity contribution >= 4 is 33.6 Å². The van der Waals surface area contributed by atoms with Gasteiger partial charge in [-0.3, -0.25) is 4.98 Å². The predicted molar refractivity (Wildman–Crippen MR) is 78.7 cm³/mol. The first kappa shape index (κ1) is 11.5. The van der Waals surface area contributed by atoms with E-state index >= 15 is 0 Å². The van der Waals surface area contributed by atoms with Gasteiger partial charge in [0.2, 0.25) is 0 Å². The minimum Gasteiger partial charge on any atom is -0.497 e. The van der Waals surface area contributed by atoms with Gasteiger partial charge in [0, 0.05) is 26.9 Å². The van der Waals surface area contributed by atoms with Gasteiger partial charge in [-0.2, -0.15) is 0 Å². The van der Waals surface area contributed by atoms with Gasteiger partial charge in [0.25, 0.3) is 0 Å². The second-order valence-electron chi connectivity index (χ2n) is 3.87. The molecule has 0 fully saturated rings. The molecule has 0 aliphatic carbocycles. The predicted octanol–water partition coefficient (Wildman–Crippen LogP) is 4.11. The Morgan fingerprint density at radius 3 is 2.89 bits per heavy atom. The molecular formula is C14H10INO2. The maximum absolute atomic E-state index is 5.85. The molecule has 0 saturated heterocycles. The van der Waals surface area contributed by atoms with Crippen LogP contribution in [0.15, 0.2) is 47.1 Å². The number of fused-ring (bicyclic) bond motifs is 1. The summed E-state index contributed by atoms with van der Waals surface area (Å²) in [7, 11) is 1.66. The number of methoxy groups -OCH3 is 1. The molecular weight excluding hydrogens is 341 g/mol. The number of hydrogen-bond acceptors (Lipinski definition) is 3. The van der Waals surface area contributed by atoms with Crippen molar-refractivity contribution in [1.29, 1.82) is 0 Å². The van der Waals surface area contributed by atoms with E-state index in [2.05, 4.69) is 27.6 Å². The number of ether oxygens (including phenoxy) is 1. The van der Waals surface area contributed by atoms with Gasteiger partial charge < -0.3 is 9.15 Å². The second-order valence-corrected chi connectivity index (χ2v) is 5.03. The van der Waals surface area contributed by atoms with Crippen molar-refractivity contribution in [1.82, 2.24) is 4.98 Å². The highest BCUT2D eigenvalue weighted by Gasteiger charge is 2.09. The maximum Gasteiger partial charge on any atom is 0.136 e. The van der Waals surface area contributed by atoms with Crippen LogP contribution in [0.5, 0.6) is 5.75 Å². The Balaban J connectivity index is 2.17. The Morgan fingerprint density at radius 1 is 1.22 bits per heavy atom. The lowest BCUT2D eigenvalue weighted by Gasteiger charge is -1.98. The lowest BCUT2D eigenvalue weighted by Crippen LogP contribution is -1.81. The molecule has 0 spiro atoms. The van der Waals surface area contributed by atoms with E-state index in [-0.39, 0.29) is 0 Å². The Hall–Kier alpha value is -1.56. The van der Waals surface area contributed by atoms with E-state index in [1.807, 2.05) is 36.5 Å². The summed E-state index contributed by atoms with van der Waals surface area (Å²) in [5.74, 6) is 1.68. The Kier molecular flexibility index (Phi) is 2.95. The fourth-order valence-electron chi connectivity index (χ4n) is 1.86. The monoisotopic (exact) mass is 351 g/mol. The van der Waals surface area contributed by atoms with Gasteiger partial charge in [-0.15, -0.1) is 0 Å². The van der Waals surface area contributed by atoms with E-state index < -0.39 is 0 Å². The summed E-state index contributed by atoms with van der Waals surface area (Å²) in [6.45, 7) is 0. The van der Waals surface area contributed by atoms with Crippen LogP contribution in [-0.2, 0) is 0 Å². The smallest absolute Gasteiger partial charge is 0.136 e. The molecule has 0 amide bonds. The first-order valence-electron chi connectivity index (χ1n) is 5.45. The number of aromatic nitrogens is 1. The normalized spacial score (nSPS) is 10.8. The van der Waals surface area contributed by atoms with Crippen LogP contribution >= 0.6 is 22.6 Å². The fourth-order valence-corrected chi connectivity index (χ4v) is 2.46. The zero-order valence-electron chi connectivity index (χ0n) is 9.68. The molecule has 2 heterocycles. The van der Waals surface area contributed by atoms with Crippen molar-refractivity contribution < 1.29 is 9.15 Å². The highest BCUT2D eigenvalue weighted by molar-refractivity contribution is 14.1. The Bertz CT molecular complexity index is 706. The molecule has 4 heteroatoms. The summed E-state index contributed by atoms with van der Waals surface area (Å²) in [5, 5.41) is 1.04. The van der Waals surface area contributed by atoms with Gasteiger partial charge in [-0.25, -0.2) is 0 Å². The molecule has 0 atom stereocenters. The summed E-state index contributed by atoms with van der Waals surface area (Å²) in [4.78, 5) is 4.08. The number of halogens is 1. The van der Waals surface area contributed by atoms with Gasteiger partial charge in [-0.1, -0.05) is 0 Å². The highest BCUT2D eigenvalue weighted by atomic mass is 127. The molecule has 0 aliphatic heterocycles. The van der Waals surface area contributed by atoms with E-state index in [4.69, 9.17) is 9.15 Å². The third-order valence-corrected chi connectivity index (χ3v) is 3.62. The van der Waals surface area contributed by atoms with Crippen LogP contribution in [0.25, 0.3) is 22.3 Å². The summed E-state index contributed by atoms with van der Waals surface area (Å²) < 4.78 is 12.1. The van der Waals surface area contributed by atoms with Crippen LogP contribution < -0.4 is 4.74 Å². The van der Waals surface area contributed by atoms with E-state index in [1.54, 1.807) is 13.3 Å². The molecule has 3 nitrogen and oxygen atoms in total. The Labute approximate surface area is 118 Å². The fraction of sp³-hybridized carbons (Fsp3) is 0.0714. The Morgan fingerprint density at radius 2 is 2.11 bits per heavy atom. The SMILES string of the molecule is COc1ccc2oc(-c3ccncc3I)cc2c1. The largest absolute Gasteiger partial charge is 0.497 e. The first-order chi connectivity index (χ1) is 8.78. The first-order valence-corrected chi connectivity index (χ1v) is 6.53. The zero-order valence-corrected chi connectivity index (χ0v) is 11.8. The lowest BCUT2D eigenvalue weighted by atomic mass is 10.2. The number of furan rings is 1. The van der Waals surface area contributed by atoms with Crippen molar-refractivity contribution in [3.05, 3.63) is 46.3 Å². The summed E-state index contributed by atoms with van der Waals surface area (Å²) in [6, 6.07) is 9.77. The van der Waals surface area contributed by atoms with Crippen LogP contribution in [-0.4, -0.2) is 12.1 Å². The quantitative estimate of drug-likeness (QED) is 0.652. The standard InChI is InChI=1S/C14H10INO2/c1-17-10-2-3-13-9(6-10)7-14(18-13)11-4-5-16-8-12(11)15/h2-8H,1H3. The topological polar surface area (TPSA) is 35.3 Å². The van der Waals surface area contributed by atoms with Crippen molar-refractivity contribution in [2.24, 2.45) is 0 Å². The van der Waals surface area contributed by atoms with E-state index in [0.29, 0.717) is 0 Å². The molecule has 90 valence electrons. The third-order valence-electron chi connectivity index (χ3n) is 2.76. The molecule has 0 N–H and O–H groups in total. The molecule has 0 radical (unpaired) electrons. The lowest BCUT2D eigenvalue weighted by molar-refractivity contribution is 0.415. The third kappa shape index (κ3) is 1.96. The van der Waals surface area contributed by atoms with Crippen LogP contribution in [0.4, 0.5) is 0 Å². The number of nitrogens with zero attached hydrogens (tertiary/aromatic N) is 1. The van der Waals surface area contributed by atoms with Gasteiger partial charge in [-0.05, 0) is 52.9 Å². The van der Waals surface area contributed by atoms with E-state index in [9.17, 15) is 0 Å². The number of rotatable bonds is 2. The van der Waals surface area contributed by atoms with E-state index in [0.717, 1.165) is 31.6 Å². The highest BCUT2D eigenvalue weighted by Crippen LogP contribution is 2.31. The molecule has 3 rings (SSSR count).